The van der Waals surface area contributed by atoms with Gasteiger partial charge in [-0.1, -0.05) is 23.7 Å². The Labute approximate surface area is 145 Å². The lowest BCUT2D eigenvalue weighted by Gasteiger charge is -2.21. The Morgan fingerprint density at radius 2 is 2.17 bits per heavy atom. The topological polar surface area (TPSA) is 71.2 Å². The van der Waals surface area contributed by atoms with Gasteiger partial charge in [-0.15, -0.1) is 0 Å². The molecule has 1 aromatic rings. The molecule has 0 aliphatic carbocycles. The summed E-state index contributed by atoms with van der Waals surface area (Å²) in [6.45, 7) is 3.60. The SMILES string of the molecule is O=[N+]([O-])N=C1N(C=Cc2ccc(Cl)cc2)CCN1CC1CCOC1. The summed E-state index contributed by atoms with van der Waals surface area (Å²) in [7, 11) is 0. The number of guanidine groups is 1. The predicted molar refractivity (Wildman–Crippen MR) is 92.1 cm³/mol. The molecular weight excluding hydrogens is 332 g/mol. The van der Waals surface area contributed by atoms with E-state index in [1.165, 1.54) is 0 Å². The second kappa shape index (κ2) is 7.63. The summed E-state index contributed by atoms with van der Waals surface area (Å²) >= 11 is 5.87. The van der Waals surface area contributed by atoms with Crippen molar-refractivity contribution in [3.63, 3.8) is 0 Å². The molecule has 0 amide bonds. The second-order valence-electron chi connectivity index (χ2n) is 5.87. The van der Waals surface area contributed by atoms with Gasteiger partial charge in [-0.3, -0.25) is 0 Å². The maximum absolute atomic E-state index is 10.9. The van der Waals surface area contributed by atoms with E-state index in [-0.39, 0.29) is 0 Å². The van der Waals surface area contributed by atoms with Crippen molar-refractivity contribution in [2.45, 2.75) is 6.42 Å². The van der Waals surface area contributed by atoms with Crippen molar-refractivity contribution >= 4 is 23.6 Å². The number of halogens is 1. The Morgan fingerprint density at radius 3 is 2.83 bits per heavy atom. The first-order valence-electron chi connectivity index (χ1n) is 7.88. The van der Waals surface area contributed by atoms with Crippen LogP contribution < -0.4 is 0 Å². The molecule has 2 aliphatic rings. The van der Waals surface area contributed by atoms with Crippen LogP contribution >= 0.6 is 11.6 Å². The van der Waals surface area contributed by atoms with Gasteiger partial charge in [-0.25, -0.2) is 10.1 Å². The van der Waals surface area contributed by atoms with Crippen molar-refractivity contribution in [1.29, 1.82) is 0 Å². The van der Waals surface area contributed by atoms with Crippen LogP contribution in [-0.2, 0) is 4.74 Å². The molecule has 1 aromatic carbocycles. The van der Waals surface area contributed by atoms with Gasteiger partial charge in [-0.05, 0) is 30.2 Å². The third-order valence-corrected chi connectivity index (χ3v) is 4.39. The third-order valence-electron chi connectivity index (χ3n) is 4.14. The highest BCUT2D eigenvalue weighted by atomic mass is 35.5. The summed E-state index contributed by atoms with van der Waals surface area (Å²) in [5, 5.41) is 14.5. The van der Waals surface area contributed by atoms with Crippen LogP contribution in [0.1, 0.15) is 12.0 Å². The molecule has 2 fully saturated rings. The number of hydrogen-bond acceptors (Lipinski definition) is 3. The van der Waals surface area contributed by atoms with Gasteiger partial charge in [0.25, 0.3) is 5.96 Å². The Hall–Kier alpha value is -2.12. The highest BCUT2D eigenvalue weighted by molar-refractivity contribution is 6.30. The molecule has 1 atom stereocenters. The largest absolute Gasteiger partial charge is 0.381 e. The number of nitrogens with zero attached hydrogens (tertiary/aromatic N) is 4. The van der Waals surface area contributed by atoms with E-state index in [9.17, 15) is 10.1 Å². The molecule has 0 aromatic heterocycles. The summed E-state index contributed by atoms with van der Waals surface area (Å²) in [5.74, 6) is 0.791. The minimum absolute atomic E-state index is 0.386. The van der Waals surface area contributed by atoms with E-state index < -0.39 is 5.03 Å². The summed E-state index contributed by atoms with van der Waals surface area (Å²) in [4.78, 5) is 14.7. The van der Waals surface area contributed by atoms with Gasteiger partial charge in [-0.2, -0.15) is 0 Å². The maximum atomic E-state index is 10.9. The Kier molecular flexibility index (Phi) is 5.32. The van der Waals surface area contributed by atoms with Crippen molar-refractivity contribution in [2.24, 2.45) is 11.0 Å². The zero-order valence-electron chi connectivity index (χ0n) is 13.2. The van der Waals surface area contributed by atoms with Gasteiger partial charge in [0.2, 0.25) is 0 Å². The fraction of sp³-hybridized carbons (Fsp3) is 0.438. The quantitative estimate of drug-likeness (QED) is 0.602. The van der Waals surface area contributed by atoms with Crippen LogP contribution in [0.2, 0.25) is 5.02 Å². The van der Waals surface area contributed by atoms with E-state index in [2.05, 4.69) is 5.10 Å². The van der Waals surface area contributed by atoms with Crippen LogP contribution in [0.4, 0.5) is 0 Å². The molecule has 7 nitrogen and oxygen atoms in total. The lowest BCUT2D eigenvalue weighted by molar-refractivity contribution is -0.486. The smallest absolute Gasteiger partial charge is 0.278 e. The standard InChI is InChI=1S/C16H19ClN4O3/c17-15-3-1-13(2-4-15)5-7-19-8-9-20(16(19)18-21(22)23)11-14-6-10-24-12-14/h1-5,7,14H,6,8-12H2. The van der Waals surface area contributed by atoms with Gasteiger partial charge in [0.15, 0.2) is 5.03 Å². The molecule has 3 rings (SSSR count). The minimum Gasteiger partial charge on any atom is -0.381 e. The molecule has 24 heavy (non-hydrogen) atoms. The zero-order chi connectivity index (χ0) is 16.9. The van der Waals surface area contributed by atoms with E-state index >= 15 is 0 Å². The number of hydrazone groups is 1. The van der Waals surface area contributed by atoms with E-state index in [1.807, 2.05) is 46.3 Å². The molecule has 2 saturated heterocycles. The van der Waals surface area contributed by atoms with Crippen LogP contribution in [0.15, 0.2) is 35.6 Å². The van der Waals surface area contributed by atoms with Crippen LogP contribution in [-0.4, -0.2) is 53.6 Å². The van der Waals surface area contributed by atoms with Crippen LogP contribution in [0.3, 0.4) is 0 Å². The molecular formula is C16H19ClN4O3. The lowest BCUT2D eigenvalue weighted by atomic mass is 10.1. The Balaban J connectivity index is 1.71. The van der Waals surface area contributed by atoms with Gasteiger partial charge in [0.1, 0.15) is 5.10 Å². The normalized spacial score (nSPS) is 22.9. The first kappa shape index (κ1) is 16.7. The highest BCUT2D eigenvalue weighted by Gasteiger charge is 2.31. The molecule has 0 spiro atoms. The van der Waals surface area contributed by atoms with Gasteiger partial charge >= 0.3 is 0 Å². The molecule has 0 saturated carbocycles. The molecule has 0 bridgehead atoms. The van der Waals surface area contributed by atoms with Crippen molar-refractivity contribution in [3.8, 4) is 0 Å². The number of rotatable bonds is 5. The second-order valence-corrected chi connectivity index (χ2v) is 6.31. The van der Waals surface area contributed by atoms with E-state index in [4.69, 9.17) is 16.3 Å². The number of hydrogen-bond donors (Lipinski definition) is 0. The molecule has 8 heteroatoms. The van der Waals surface area contributed by atoms with Crippen LogP contribution in [0.5, 0.6) is 0 Å². The molecule has 2 aliphatic heterocycles. The molecule has 0 radical (unpaired) electrons. The Bertz CT molecular complexity index is 641. The van der Waals surface area contributed by atoms with Crippen LogP contribution in [0.25, 0.3) is 6.08 Å². The van der Waals surface area contributed by atoms with E-state index in [0.717, 1.165) is 25.1 Å². The van der Waals surface area contributed by atoms with Gasteiger partial charge in [0.05, 0.1) is 6.61 Å². The third kappa shape index (κ3) is 4.24. The summed E-state index contributed by atoms with van der Waals surface area (Å²) in [6, 6.07) is 7.41. The monoisotopic (exact) mass is 350 g/mol. The first-order valence-corrected chi connectivity index (χ1v) is 8.26. The van der Waals surface area contributed by atoms with Crippen LogP contribution in [0, 0.1) is 16.0 Å². The summed E-state index contributed by atoms with van der Waals surface area (Å²) in [5.41, 5.74) is 0.975. The van der Waals surface area contributed by atoms with Crippen molar-refractivity contribution < 1.29 is 9.77 Å². The lowest BCUT2D eigenvalue weighted by Crippen LogP contribution is -2.35. The molecule has 0 N–H and O–H groups in total. The van der Waals surface area contributed by atoms with Gasteiger partial charge < -0.3 is 14.5 Å². The van der Waals surface area contributed by atoms with Crippen molar-refractivity contribution in [1.82, 2.24) is 9.80 Å². The minimum atomic E-state index is -0.637. The highest BCUT2D eigenvalue weighted by Crippen LogP contribution is 2.19. The summed E-state index contributed by atoms with van der Waals surface area (Å²) in [6.07, 6.45) is 4.72. The van der Waals surface area contributed by atoms with E-state index in [1.54, 1.807) is 0 Å². The molecule has 1 unspecified atom stereocenters. The van der Waals surface area contributed by atoms with Gasteiger partial charge in [0, 0.05) is 43.4 Å². The number of ether oxygens (including phenoxy) is 1. The zero-order valence-corrected chi connectivity index (χ0v) is 13.9. The average Bonchev–Trinajstić information content (AvgIpc) is 3.18. The van der Waals surface area contributed by atoms with E-state index in [0.29, 0.717) is 36.6 Å². The number of nitro groups is 1. The molecule has 2 heterocycles. The summed E-state index contributed by atoms with van der Waals surface area (Å²) < 4.78 is 5.39. The fourth-order valence-electron chi connectivity index (χ4n) is 2.91. The average molecular weight is 351 g/mol. The Morgan fingerprint density at radius 1 is 1.38 bits per heavy atom. The molecule has 128 valence electrons. The van der Waals surface area contributed by atoms with Crippen molar-refractivity contribution in [3.05, 3.63) is 51.2 Å². The van der Waals surface area contributed by atoms with Crippen molar-refractivity contribution in [2.75, 3.05) is 32.8 Å². The first-order chi connectivity index (χ1) is 11.6. The predicted octanol–water partition coefficient (Wildman–Crippen LogP) is 2.51. The fourth-order valence-corrected chi connectivity index (χ4v) is 3.03. The number of benzene rings is 1. The maximum Gasteiger partial charge on any atom is 0.278 e.